The number of nitrogens with zero attached hydrogens (tertiary/aromatic N) is 3. The monoisotopic (exact) mass is 350 g/mol. The summed E-state index contributed by atoms with van der Waals surface area (Å²) in [5.74, 6) is -0.817. The van der Waals surface area contributed by atoms with Crippen LogP contribution in [0.4, 0.5) is 8.78 Å². The largest absolute Gasteiger partial charge is 0.250 e. The maximum atomic E-state index is 13.9. The number of hydrogen-bond acceptors (Lipinski definition) is 3. The zero-order valence-corrected chi connectivity index (χ0v) is 13.1. The Bertz CT molecular complexity index is 928. The van der Waals surface area contributed by atoms with Crippen LogP contribution in [0.2, 0.25) is 5.02 Å². The van der Waals surface area contributed by atoms with E-state index in [-0.39, 0.29) is 26.7 Å². The van der Waals surface area contributed by atoms with E-state index < -0.39 is 11.6 Å². The Morgan fingerprint density at radius 3 is 2.61 bits per heavy atom. The first-order valence-corrected chi connectivity index (χ1v) is 7.27. The molecule has 0 fully saturated rings. The van der Waals surface area contributed by atoms with Crippen molar-refractivity contribution in [3.8, 4) is 11.4 Å². The molecule has 0 atom stereocenters. The smallest absolute Gasteiger partial charge is 0.216 e. The van der Waals surface area contributed by atoms with E-state index in [1.807, 2.05) is 0 Å². The van der Waals surface area contributed by atoms with Gasteiger partial charge in [0.25, 0.3) is 0 Å². The van der Waals surface area contributed by atoms with Crippen molar-refractivity contribution in [3.63, 3.8) is 0 Å². The number of rotatable bonds is 3. The number of hydrogen-bond donors (Lipinski definition) is 1. The summed E-state index contributed by atoms with van der Waals surface area (Å²) < 4.78 is 29.0. The summed E-state index contributed by atoms with van der Waals surface area (Å²) in [7, 11) is 0. The van der Waals surface area contributed by atoms with Gasteiger partial charge in [0.1, 0.15) is 11.6 Å². The van der Waals surface area contributed by atoms with E-state index >= 15 is 0 Å². The van der Waals surface area contributed by atoms with Crippen molar-refractivity contribution in [3.05, 3.63) is 69.5 Å². The minimum Gasteiger partial charge on any atom is -0.250 e. The molecule has 0 radical (unpaired) electrons. The summed E-state index contributed by atoms with van der Waals surface area (Å²) in [5.41, 5.74) is 0.327. The molecule has 1 N–H and O–H groups in total. The van der Waals surface area contributed by atoms with Crippen LogP contribution in [0.1, 0.15) is 5.56 Å². The Labute approximate surface area is 140 Å². The third-order valence-corrected chi connectivity index (χ3v) is 3.66. The Morgan fingerprint density at radius 1 is 1.13 bits per heavy atom. The minimum absolute atomic E-state index is 0.108. The molecule has 2 aromatic carbocycles. The molecule has 23 heavy (non-hydrogen) atoms. The molecule has 0 aliphatic heterocycles. The van der Waals surface area contributed by atoms with Gasteiger partial charge in [0.15, 0.2) is 5.82 Å². The topological polar surface area (TPSA) is 46.0 Å². The highest BCUT2D eigenvalue weighted by molar-refractivity contribution is 7.71. The minimum atomic E-state index is -0.524. The van der Waals surface area contributed by atoms with Crippen LogP contribution in [0.15, 0.2) is 47.6 Å². The molecule has 0 amide bonds. The van der Waals surface area contributed by atoms with Crippen LogP contribution in [0.3, 0.4) is 0 Å². The second-order valence-corrected chi connectivity index (χ2v) is 5.32. The molecule has 3 aromatic rings. The van der Waals surface area contributed by atoms with Crippen molar-refractivity contribution < 1.29 is 8.78 Å². The van der Waals surface area contributed by atoms with E-state index in [0.717, 1.165) is 0 Å². The molecular weight excluding hydrogens is 342 g/mol. The number of halogens is 3. The van der Waals surface area contributed by atoms with Crippen molar-refractivity contribution in [1.29, 1.82) is 0 Å². The molecule has 0 aliphatic carbocycles. The highest BCUT2D eigenvalue weighted by Gasteiger charge is 2.12. The first-order valence-electron chi connectivity index (χ1n) is 6.48. The molecule has 3 rings (SSSR count). The summed E-state index contributed by atoms with van der Waals surface area (Å²) in [5, 5.41) is 10.8. The molecular formula is C15H9ClF2N4S. The molecule has 0 aliphatic rings. The number of benzene rings is 2. The lowest BCUT2D eigenvalue weighted by Gasteiger charge is -2.03. The molecule has 0 saturated heterocycles. The second kappa shape index (κ2) is 6.39. The van der Waals surface area contributed by atoms with Crippen molar-refractivity contribution in [2.24, 2.45) is 5.10 Å². The van der Waals surface area contributed by atoms with Gasteiger partial charge in [0, 0.05) is 5.56 Å². The van der Waals surface area contributed by atoms with Gasteiger partial charge in [-0.25, -0.2) is 13.9 Å². The number of aromatic amines is 1. The average Bonchev–Trinajstić information content (AvgIpc) is 2.88. The normalized spacial score (nSPS) is 11.3. The number of aromatic nitrogens is 3. The maximum absolute atomic E-state index is 13.9. The third kappa shape index (κ3) is 3.06. The van der Waals surface area contributed by atoms with Crippen molar-refractivity contribution in [2.75, 3.05) is 0 Å². The summed E-state index contributed by atoms with van der Waals surface area (Å²) >= 11 is 11.0. The molecule has 8 heteroatoms. The summed E-state index contributed by atoms with van der Waals surface area (Å²) in [6.45, 7) is 0. The van der Waals surface area contributed by atoms with Crippen molar-refractivity contribution in [2.45, 2.75) is 0 Å². The van der Waals surface area contributed by atoms with Gasteiger partial charge < -0.3 is 0 Å². The zero-order valence-electron chi connectivity index (χ0n) is 11.5. The van der Waals surface area contributed by atoms with Crippen LogP contribution in [0.25, 0.3) is 11.4 Å². The van der Waals surface area contributed by atoms with Gasteiger partial charge in [0.2, 0.25) is 4.77 Å². The fraction of sp³-hybridized carbons (Fsp3) is 0. The second-order valence-electron chi connectivity index (χ2n) is 4.52. The Hall–Kier alpha value is -2.38. The number of nitrogens with one attached hydrogen (secondary N) is 1. The Kier molecular flexibility index (Phi) is 4.31. The van der Waals surface area contributed by atoms with Crippen molar-refractivity contribution >= 4 is 30.0 Å². The van der Waals surface area contributed by atoms with Crippen LogP contribution in [0.5, 0.6) is 0 Å². The van der Waals surface area contributed by atoms with Crippen LogP contribution < -0.4 is 0 Å². The first kappa shape index (κ1) is 15.5. The van der Waals surface area contributed by atoms with Crippen LogP contribution in [-0.4, -0.2) is 21.1 Å². The van der Waals surface area contributed by atoms with E-state index in [9.17, 15) is 8.78 Å². The first-order chi connectivity index (χ1) is 11.1. The van der Waals surface area contributed by atoms with Gasteiger partial charge >= 0.3 is 0 Å². The highest BCUT2D eigenvalue weighted by atomic mass is 35.5. The quantitative estimate of drug-likeness (QED) is 0.561. The molecule has 116 valence electrons. The van der Waals surface area contributed by atoms with Gasteiger partial charge in [-0.15, -0.1) is 0 Å². The fourth-order valence-electron chi connectivity index (χ4n) is 1.97. The molecule has 0 unspecified atom stereocenters. The van der Waals surface area contributed by atoms with Gasteiger partial charge in [0.05, 0.1) is 16.8 Å². The molecule has 1 aromatic heterocycles. The van der Waals surface area contributed by atoms with E-state index in [0.29, 0.717) is 0 Å². The highest BCUT2D eigenvalue weighted by Crippen LogP contribution is 2.21. The molecule has 1 heterocycles. The maximum Gasteiger partial charge on any atom is 0.216 e. The van der Waals surface area contributed by atoms with Gasteiger partial charge in [-0.2, -0.15) is 14.9 Å². The lowest BCUT2D eigenvalue weighted by atomic mass is 10.2. The number of H-pyrrole nitrogens is 1. The van der Waals surface area contributed by atoms with Gasteiger partial charge in [-0.3, -0.25) is 0 Å². The van der Waals surface area contributed by atoms with E-state index in [2.05, 4.69) is 15.3 Å². The zero-order chi connectivity index (χ0) is 16.4. The molecule has 0 saturated carbocycles. The SMILES string of the molecule is Fc1ccccc1-c1n[nH]c(=S)n1/N=C\c1c(F)cccc1Cl. The summed E-state index contributed by atoms with van der Waals surface area (Å²) in [4.78, 5) is 0. The van der Waals surface area contributed by atoms with Crippen LogP contribution >= 0.6 is 23.8 Å². The van der Waals surface area contributed by atoms with Crippen LogP contribution in [-0.2, 0) is 0 Å². The van der Waals surface area contributed by atoms with Crippen molar-refractivity contribution in [1.82, 2.24) is 14.9 Å². The predicted octanol–water partition coefficient (Wildman–Crippen LogP) is 4.42. The lowest BCUT2D eigenvalue weighted by Crippen LogP contribution is -1.98. The Morgan fingerprint density at radius 2 is 1.87 bits per heavy atom. The third-order valence-electron chi connectivity index (χ3n) is 3.07. The molecule has 4 nitrogen and oxygen atoms in total. The molecule has 0 spiro atoms. The standard InChI is InChI=1S/C15H9ClF2N4S/c16-11-5-3-7-13(18)10(11)8-19-22-14(20-21-15(22)23)9-4-1-2-6-12(9)17/h1-8H,(H,21,23)/b19-8-. The summed E-state index contributed by atoms with van der Waals surface area (Å²) in [6.07, 6.45) is 1.22. The van der Waals surface area contributed by atoms with Gasteiger partial charge in [-0.05, 0) is 36.5 Å². The Balaban J connectivity index is 2.09. The van der Waals surface area contributed by atoms with E-state index in [1.165, 1.54) is 29.1 Å². The van der Waals surface area contributed by atoms with Crippen LogP contribution in [0, 0.1) is 16.4 Å². The van der Waals surface area contributed by atoms with E-state index in [4.69, 9.17) is 23.8 Å². The van der Waals surface area contributed by atoms with E-state index in [1.54, 1.807) is 24.3 Å². The fourth-order valence-corrected chi connectivity index (χ4v) is 2.36. The predicted molar refractivity (Wildman–Crippen MR) is 87.2 cm³/mol. The average molecular weight is 351 g/mol. The lowest BCUT2D eigenvalue weighted by molar-refractivity contribution is 0.625. The summed E-state index contributed by atoms with van der Waals surface area (Å²) in [6, 6.07) is 10.4. The molecule has 0 bridgehead atoms. The van der Waals surface area contributed by atoms with Gasteiger partial charge in [-0.1, -0.05) is 29.8 Å².